The number of H-pyrrole nitrogens is 1. The van der Waals surface area contributed by atoms with Crippen molar-refractivity contribution in [3.05, 3.63) is 47.4 Å². The number of nitrogen functional groups attached to an aromatic ring is 1. The van der Waals surface area contributed by atoms with E-state index in [1.807, 2.05) is 38.2 Å². The van der Waals surface area contributed by atoms with Gasteiger partial charge in [-0.2, -0.15) is 10.4 Å². The average molecular weight is 348 g/mol. The summed E-state index contributed by atoms with van der Waals surface area (Å²) in [6.45, 7) is 2.71. The Morgan fingerprint density at radius 1 is 1.31 bits per heavy atom. The van der Waals surface area contributed by atoms with Gasteiger partial charge >= 0.3 is 0 Å². The highest BCUT2D eigenvalue weighted by atomic mass is 15.2. The molecule has 26 heavy (non-hydrogen) atoms. The number of aromatic amines is 1. The van der Waals surface area contributed by atoms with E-state index in [1.54, 1.807) is 6.20 Å². The number of aromatic nitrogens is 5. The highest BCUT2D eigenvalue weighted by molar-refractivity contribution is 5.53. The van der Waals surface area contributed by atoms with Gasteiger partial charge in [0, 0.05) is 31.5 Å². The summed E-state index contributed by atoms with van der Waals surface area (Å²) >= 11 is 0. The fourth-order valence-corrected chi connectivity index (χ4v) is 2.66. The first-order chi connectivity index (χ1) is 12.6. The van der Waals surface area contributed by atoms with Crippen molar-refractivity contribution in [2.75, 3.05) is 24.2 Å². The van der Waals surface area contributed by atoms with Crippen LogP contribution in [0.25, 0.3) is 11.5 Å². The summed E-state index contributed by atoms with van der Waals surface area (Å²) in [5, 5.41) is 15.8. The Morgan fingerprint density at radius 2 is 2.15 bits per heavy atom. The summed E-state index contributed by atoms with van der Waals surface area (Å²) in [6, 6.07) is 9.71. The zero-order valence-electron chi connectivity index (χ0n) is 14.8. The first kappa shape index (κ1) is 17.4. The summed E-state index contributed by atoms with van der Waals surface area (Å²) < 4.78 is 0. The topological polar surface area (TPSA) is 120 Å². The average Bonchev–Trinajstić information content (AvgIpc) is 3.01. The summed E-state index contributed by atoms with van der Waals surface area (Å²) in [4.78, 5) is 15.5. The minimum atomic E-state index is 0.252. The van der Waals surface area contributed by atoms with Crippen LogP contribution in [0.15, 0.2) is 30.5 Å². The first-order valence-electron chi connectivity index (χ1n) is 8.29. The molecule has 132 valence electrons. The van der Waals surface area contributed by atoms with E-state index in [-0.39, 0.29) is 5.82 Å². The van der Waals surface area contributed by atoms with Crippen molar-refractivity contribution in [1.82, 2.24) is 25.1 Å². The minimum Gasteiger partial charge on any atom is -0.381 e. The van der Waals surface area contributed by atoms with Crippen LogP contribution in [0.2, 0.25) is 0 Å². The van der Waals surface area contributed by atoms with Crippen LogP contribution in [0.5, 0.6) is 0 Å². The molecule has 0 saturated carbocycles. The third-order valence-electron chi connectivity index (χ3n) is 4.03. The second-order valence-corrected chi connectivity index (χ2v) is 6.01. The first-order valence-corrected chi connectivity index (χ1v) is 8.29. The molecule has 0 bridgehead atoms. The predicted octanol–water partition coefficient (Wildman–Crippen LogP) is 2.09. The number of hydrogen-bond donors (Lipinski definition) is 2. The molecule has 0 spiro atoms. The zero-order chi connectivity index (χ0) is 18.5. The monoisotopic (exact) mass is 348 g/mol. The van der Waals surface area contributed by atoms with Gasteiger partial charge in [0.25, 0.3) is 0 Å². The van der Waals surface area contributed by atoms with Crippen molar-refractivity contribution in [3.63, 3.8) is 0 Å². The predicted molar refractivity (Wildman–Crippen MR) is 99.3 cm³/mol. The number of nitriles is 1. The molecule has 3 N–H and O–H groups in total. The molecule has 3 heterocycles. The van der Waals surface area contributed by atoms with E-state index in [1.165, 1.54) is 0 Å². The van der Waals surface area contributed by atoms with Crippen LogP contribution in [0.1, 0.15) is 23.4 Å². The lowest BCUT2D eigenvalue weighted by Crippen LogP contribution is -2.21. The van der Waals surface area contributed by atoms with Crippen LogP contribution in [0.3, 0.4) is 0 Å². The number of rotatable bonds is 6. The van der Waals surface area contributed by atoms with Crippen LogP contribution >= 0.6 is 0 Å². The van der Waals surface area contributed by atoms with E-state index in [2.05, 4.69) is 36.1 Å². The van der Waals surface area contributed by atoms with Crippen LogP contribution in [-0.2, 0) is 6.42 Å². The second kappa shape index (κ2) is 7.61. The van der Waals surface area contributed by atoms with Gasteiger partial charge in [0.15, 0.2) is 11.6 Å². The van der Waals surface area contributed by atoms with Crippen molar-refractivity contribution in [1.29, 1.82) is 5.26 Å². The van der Waals surface area contributed by atoms with E-state index in [4.69, 9.17) is 11.0 Å². The maximum Gasteiger partial charge on any atom is 0.180 e. The summed E-state index contributed by atoms with van der Waals surface area (Å²) in [7, 11) is 1.98. The number of nitrogens with one attached hydrogen (secondary N) is 1. The van der Waals surface area contributed by atoms with Crippen LogP contribution in [0, 0.1) is 18.3 Å². The molecule has 3 aromatic heterocycles. The van der Waals surface area contributed by atoms with Gasteiger partial charge in [-0.25, -0.2) is 9.97 Å². The number of anilines is 2. The Kier molecular flexibility index (Phi) is 5.08. The minimum absolute atomic E-state index is 0.252. The fraction of sp³-hybridized carbons (Fsp3) is 0.278. The van der Waals surface area contributed by atoms with E-state index in [9.17, 15) is 0 Å². The standard InChI is InChI=1S/C18H20N8/c1-12-10-16(23-18(22-12)15-6-3-4-8-21-15)26(2)9-5-7-14-13(11-19)17(20)25-24-14/h3-4,6,8,10H,5,7,9H2,1-2H3,(H3,20,24,25). The third-order valence-corrected chi connectivity index (χ3v) is 4.03. The fourth-order valence-electron chi connectivity index (χ4n) is 2.66. The molecule has 0 fully saturated rings. The molecule has 0 aromatic carbocycles. The molecule has 0 aliphatic heterocycles. The van der Waals surface area contributed by atoms with Gasteiger partial charge in [0.1, 0.15) is 23.1 Å². The number of nitrogens with zero attached hydrogens (tertiary/aromatic N) is 6. The Balaban J connectivity index is 1.69. The SMILES string of the molecule is Cc1cc(N(C)CCCc2[nH]nc(N)c2C#N)nc(-c2ccccn2)n1. The smallest absolute Gasteiger partial charge is 0.180 e. The summed E-state index contributed by atoms with van der Waals surface area (Å²) in [6.07, 6.45) is 3.25. The Labute approximate surface area is 151 Å². The molecule has 0 unspecified atom stereocenters. The molecule has 8 heteroatoms. The van der Waals surface area contributed by atoms with Crippen molar-refractivity contribution >= 4 is 11.6 Å². The molecule has 0 aliphatic rings. The molecule has 3 rings (SSSR count). The summed E-state index contributed by atoms with van der Waals surface area (Å²) in [5.41, 5.74) is 8.50. The van der Waals surface area contributed by atoms with Gasteiger partial charge in [-0.1, -0.05) is 6.07 Å². The molecule has 0 aliphatic carbocycles. The Morgan fingerprint density at radius 3 is 2.88 bits per heavy atom. The van der Waals surface area contributed by atoms with Crippen molar-refractivity contribution in [2.24, 2.45) is 0 Å². The molecular formula is C18H20N8. The quantitative estimate of drug-likeness (QED) is 0.699. The lowest BCUT2D eigenvalue weighted by molar-refractivity contribution is 0.758. The van der Waals surface area contributed by atoms with Gasteiger partial charge < -0.3 is 10.6 Å². The molecule has 3 aromatic rings. The normalized spacial score (nSPS) is 10.5. The molecular weight excluding hydrogens is 328 g/mol. The van der Waals surface area contributed by atoms with Gasteiger partial charge in [0.2, 0.25) is 0 Å². The van der Waals surface area contributed by atoms with Crippen molar-refractivity contribution in [3.8, 4) is 17.6 Å². The highest BCUT2D eigenvalue weighted by Gasteiger charge is 2.12. The number of hydrogen-bond acceptors (Lipinski definition) is 7. The van der Waals surface area contributed by atoms with E-state index >= 15 is 0 Å². The molecule has 0 saturated heterocycles. The molecule has 0 atom stereocenters. The second-order valence-electron chi connectivity index (χ2n) is 6.01. The third kappa shape index (κ3) is 3.78. The van der Waals surface area contributed by atoms with Crippen LogP contribution < -0.4 is 10.6 Å². The largest absolute Gasteiger partial charge is 0.381 e. The maximum atomic E-state index is 9.12. The number of nitrogens with two attached hydrogens (primary N) is 1. The van der Waals surface area contributed by atoms with Crippen molar-refractivity contribution < 1.29 is 0 Å². The van der Waals surface area contributed by atoms with E-state index < -0.39 is 0 Å². The van der Waals surface area contributed by atoms with Gasteiger partial charge in [0.05, 0.1) is 5.69 Å². The van der Waals surface area contributed by atoms with Crippen LogP contribution in [0.4, 0.5) is 11.6 Å². The van der Waals surface area contributed by atoms with Crippen LogP contribution in [-0.4, -0.2) is 38.7 Å². The lowest BCUT2D eigenvalue weighted by Gasteiger charge is -2.19. The molecule has 0 amide bonds. The highest BCUT2D eigenvalue weighted by Crippen LogP contribution is 2.19. The molecule has 0 radical (unpaired) electrons. The van der Waals surface area contributed by atoms with Crippen molar-refractivity contribution in [2.45, 2.75) is 19.8 Å². The van der Waals surface area contributed by atoms with Gasteiger partial charge in [-0.05, 0) is 31.9 Å². The van der Waals surface area contributed by atoms with E-state index in [0.717, 1.165) is 35.9 Å². The molecule has 8 nitrogen and oxygen atoms in total. The van der Waals surface area contributed by atoms with Gasteiger partial charge in [-0.15, -0.1) is 0 Å². The van der Waals surface area contributed by atoms with Gasteiger partial charge in [-0.3, -0.25) is 10.1 Å². The zero-order valence-corrected chi connectivity index (χ0v) is 14.8. The summed E-state index contributed by atoms with van der Waals surface area (Å²) in [5.74, 6) is 1.70. The Bertz CT molecular complexity index is 926. The number of pyridine rings is 1. The number of aryl methyl sites for hydroxylation is 2. The lowest BCUT2D eigenvalue weighted by atomic mass is 10.1. The van der Waals surface area contributed by atoms with E-state index in [0.29, 0.717) is 17.8 Å². The Hall–Kier alpha value is -3.47. The maximum absolute atomic E-state index is 9.12.